The highest BCUT2D eigenvalue weighted by molar-refractivity contribution is 5.81. The molecule has 1 aromatic carbocycles. The average molecular weight is 314 g/mol. The van der Waals surface area contributed by atoms with Crippen molar-refractivity contribution in [2.45, 2.75) is 39.2 Å². The third-order valence-electron chi connectivity index (χ3n) is 5.56. The van der Waals surface area contributed by atoms with Crippen LogP contribution in [0.5, 0.6) is 0 Å². The van der Waals surface area contributed by atoms with E-state index in [9.17, 15) is 4.79 Å². The number of fused-ring (bicyclic) bond motifs is 2. The molecule has 3 nitrogen and oxygen atoms in total. The predicted molar refractivity (Wildman–Crippen MR) is 91.0 cm³/mol. The van der Waals surface area contributed by atoms with Crippen LogP contribution in [0.15, 0.2) is 42.5 Å². The Bertz CT molecular complexity index is 568. The van der Waals surface area contributed by atoms with Crippen molar-refractivity contribution in [1.82, 2.24) is 0 Å². The minimum absolute atomic E-state index is 0.0397. The molecule has 3 unspecified atom stereocenters. The molecule has 2 bridgehead atoms. The molecule has 1 saturated heterocycles. The number of carbonyl (C=O) groups is 1. The van der Waals surface area contributed by atoms with Crippen LogP contribution >= 0.6 is 0 Å². The quantitative estimate of drug-likeness (QED) is 0.683. The van der Waals surface area contributed by atoms with E-state index in [1.807, 2.05) is 6.92 Å². The fourth-order valence-corrected chi connectivity index (χ4v) is 4.41. The second-order valence-electron chi connectivity index (χ2n) is 7.06. The summed E-state index contributed by atoms with van der Waals surface area (Å²) in [6, 6.07) is 10.6. The highest BCUT2D eigenvalue weighted by Gasteiger charge is 2.52. The number of likely N-dealkylation sites (tertiary alicyclic amines) is 1. The molecule has 1 heterocycles. The SMILES string of the molecule is C=C1C2CCCCC1(C(=O)OCC)C[NH+](Cc1ccccc1)C2. The van der Waals surface area contributed by atoms with Crippen molar-refractivity contribution >= 4 is 5.97 Å². The lowest BCUT2D eigenvalue weighted by molar-refractivity contribution is -0.925. The first kappa shape index (κ1) is 16.3. The summed E-state index contributed by atoms with van der Waals surface area (Å²) in [5.41, 5.74) is 2.02. The lowest BCUT2D eigenvalue weighted by Gasteiger charge is -2.42. The van der Waals surface area contributed by atoms with E-state index in [0.29, 0.717) is 12.5 Å². The monoisotopic (exact) mass is 314 g/mol. The molecule has 124 valence electrons. The van der Waals surface area contributed by atoms with Crippen molar-refractivity contribution in [1.29, 1.82) is 0 Å². The number of benzene rings is 1. The van der Waals surface area contributed by atoms with Crippen LogP contribution in [0.2, 0.25) is 0 Å². The van der Waals surface area contributed by atoms with Crippen molar-refractivity contribution in [3.8, 4) is 0 Å². The number of nitrogens with one attached hydrogen (secondary N) is 1. The Hall–Kier alpha value is -1.61. The van der Waals surface area contributed by atoms with Gasteiger partial charge in [-0.05, 0) is 25.3 Å². The molecule has 2 aliphatic rings. The van der Waals surface area contributed by atoms with E-state index in [-0.39, 0.29) is 5.97 Å². The Labute approximate surface area is 139 Å². The highest BCUT2D eigenvalue weighted by atomic mass is 16.5. The Morgan fingerprint density at radius 1 is 1.35 bits per heavy atom. The molecule has 3 atom stereocenters. The van der Waals surface area contributed by atoms with Gasteiger partial charge in [-0.3, -0.25) is 4.79 Å². The maximum atomic E-state index is 12.8. The summed E-state index contributed by atoms with van der Waals surface area (Å²) in [7, 11) is 0. The predicted octanol–water partition coefficient (Wildman–Crippen LogP) is 2.38. The number of esters is 1. The lowest BCUT2D eigenvalue weighted by Crippen LogP contribution is -3.14. The fraction of sp³-hybridized carbons (Fsp3) is 0.550. The summed E-state index contributed by atoms with van der Waals surface area (Å²) in [5.74, 6) is 0.413. The Morgan fingerprint density at radius 2 is 2.13 bits per heavy atom. The molecule has 23 heavy (non-hydrogen) atoms. The summed E-state index contributed by atoms with van der Waals surface area (Å²) in [6.45, 7) is 9.60. The van der Waals surface area contributed by atoms with Gasteiger partial charge in [0.2, 0.25) is 0 Å². The summed E-state index contributed by atoms with van der Waals surface area (Å²) >= 11 is 0. The van der Waals surface area contributed by atoms with Crippen molar-refractivity contribution in [2.24, 2.45) is 11.3 Å². The first-order valence-corrected chi connectivity index (χ1v) is 8.89. The van der Waals surface area contributed by atoms with Gasteiger partial charge < -0.3 is 9.64 Å². The topological polar surface area (TPSA) is 30.7 Å². The van der Waals surface area contributed by atoms with Gasteiger partial charge >= 0.3 is 5.97 Å². The number of piperidine rings is 1. The van der Waals surface area contributed by atoms with Crippen LogP contribution < -0.4 is 4.90 Å². The number of ether oxygens (including phenoxy) is 1. The van der Waals surface area contributed by atoms with E-state index in [1.54, 1.807) is 0 Å². The summed E-state index contributed by atoms with van der Waals surface area (Å²) in [6.07, 6.45) is 4.37. The number of rotatable bonds is 4. The molecule has 2 fully saturated rings. The van der Waals surface area contributed by atoms with Gasteiger partial charge in [0, 0.05) is 11.5 Å². The average Bonchev–Trinajstić information content (AvgIpc) is 2.65. The van der Waals surface area contributed by atoms with E-state index in [4.69, 9.17) is 4.74 Å². The summed E-state index contributed by atoms with van der Waals surface area (Å²) in [4.78, 5) is 14.3. The molecule has 1 N–H and O–H groups in total. The fourth-order valence-electron chi connectivity index (χ4n) is 4.41. The maximum absolute atomic E-state index is 12.8. The largest absolute Gasteiger partial charge is 0.465 e. The molecular formula is C20H28NO2+. The van der Waals surface area contributed by atoms with Crippen LogP contribution in [-0.4, -0.2) is 25.7 Å². The molecule has 0 amide bonds. The smallest absolute Gasteiger partial charge is 0.322 e. The van der Waals surface area contributed by atoms with Crippen LogP contribution in [0.3, 0.4) is 0 Å². The third kappa shape index (κ3) is 3.20. The van der Waals surface area contributed by atoms with Crippen LogP contribution in [0.25, 0.3) is 0 Å². The van der Waals surface area contributed by atoms with Crippen LogP contribution in [0.1, 0.15) is 38.2 Å². The zero-order chi connectivity index (χ0) is 16.3. The van der Waals surface area contributed by atoms with Crippen molar-refractivity contribution in [2.75, 3.05) is 19.7 Å². The van der Waals surface area contributed by atoms with Gasteiger partial charge in [-0.25, -0.2) is 0 Å². The van der Waals surface area contributed by atoms with Crippen molar-refractivity contribution in [3.63, 3.8) is 0 Å². The van der Waals surface area contributed by atoms with E-state index >= 15 is 0 Å². The van der Waals surface area contributed by atoms with Crippen LogP contribution in [0.4, 0.5) is 0 Å². The normalized spacial score (nSPS) is 30.6. The first-order valence-electron chi connectivity index (χ1n) is 8.89. The summed E-state index contributed by atoms with van der Waals surface area (Å²) in [5, 5.41) is 0. The summed E-state index contributed by atoms with van der Waals surface area (Å²) < 4.78 is 5.47. The van der Waals surface area contributed by atoms with Gasteiger partial charge in [0.25, 0.3) is 0 Å². The maximum Gasteiger partial charge on any atom is 0.322 e. The van der Waals surface area contributed by atoms with Gasteiger partial charge in [-0.15, -0.1) is 0 Å². The second-order valence-corrected chi connectivity index (χ2v) is 7.06. The minimum atomic E-state index is -0.459. The molecule has 0 radical (unpaired) electrons. The van der Waals surface area contributed by atoms with Crippen molar-refractivity contribution in [3.05, 3.63) is 48.0 Å². The standard InChI is InChI=1S/C20H27NO2/c1-3-23-19(22)20-12-8-7-11-18(16(20)2)14-21(15-20)13-17-9-5-4-6-10-17/h4-6,9-10,18H,2-3,7-8,11-15H2,1H3/p+1. The number of carbonyl (C=O) groups excluding carboxylic acids is 1. The van der Waals surface area contributed by atoms with Crippen molar-refractivity contribution < 1.29 is 14.4 Å². The molecule has 0 aromatic heterocycles. The number of quaternary nitrogens is 1. The Balaban J connectivity index is 1.85. The van der Waals surface area contributed by atoms with Gasteiger partial charge in [0.15, 0.2) is 0 Å². The molecule has 1 saturated carbocycles. The van der Waals surface area contributed by atoms with E-state index in [1.165, 1.54) is 16.9 Å². The lowest BCUT2D eigenvalue weighted by atomic mass is 9.70. The molecule has 0 spiro atoms. The van der Waals surface area contributed by atoms with Gasteiger partial charge in [-0.2, -0.15) is 0 Å². The highest BCUT2D eigenvalue weighted by Crippen LogP contribution is 2.43. The molecule has 3 rings (SSSR count). The molecule has 1 aliphatic heterocycles. The van der Waals surface area contributed by atoms with Gasteiger partial charge in [0.05, 0.1) is 19.7 Å². The second kappa shape index (κ2) is 6.88. The zero-order valence-corrected chi connectivity index (χ0v) is 14.1. The third-order valence-corrected chi connectivity index (χ3v) is 5.56. The van der Waals surface area contributed by atoms with Crippen LogP contribution in [0, 0.1) is 11.3 Å². The zero-order valence-electron chi connectivity index (χ0n) is 14.1. The van der Waals surface area contributed by atoms with Gasteiger partial charge in [0.1, 0.15) is 12.0 Å². The van der Waals surface area contributed by atoms with Gasteiger partial charge in [-0.1, -0.05) is 49.8 Å². The number of hydrogen-bond acceptors (Lipinski definition) is 2. The first-order chi connectivity index (χ1) is 11.2. The van der Waals surface area contributed by atoms with E-state index in [0.717, 1.165) is 44.5 Å². The molecule has 3 heteroatoms. The van der Waals surface area contributed by atoms with Crippen LogP contribution in [-0.2, 0) is 16.1 Å². The Kier molecular flexibility index (Phi) is 4.86. The molecule has 1 aliphatic carbocycles. The Morgan fingerprint density at radius 3 is 2.87 bits per heavy atom. The van der Waals surface area contributed by atoms with E-state index < -0.39 is 5.41 Å². The number of hydrogen-bond donors (Lipinski definition) is 1. The molecular weight excluding hydrogens is 286 g/mol. The van der Waals surface area contributed by atoms with E-state index in [2.05, 4.69) is 36.9 Å². The minimum Gasteiger partial charge on any atom is -0.465 e. The molecule has 1 aromatic rings.